The molecule has 3 rings (SSSR count). The summed E-state index contributed by atoms with van der Waals surface area (Å²) in [7, 11) is 0. The van der Waals surface area contributed by atoms with E-state index in [1.165, 1.54) is 6.07 Å². The van der Waals surface area contributed by atoms with Crippen molar-refractivity contribution in [3.05, 3.63) is 82.9 Å². The van der Waals surface area contributed by atoms with Gasteiger partial charge < -0.3 is 4.74 Å². The van der Waals surface area contributed by atoms with E-state index in [1.54, 1.807) is 18.4 Å². The topological polar surface area (TPSA) is 57.3 Å². The highest BCUT2D eigenvalue weighted by Crippen LogP contribution is 2.28. The van der Waals surface area contributed by atoms with Gasteiger partial charge in [-0.05, 0) is 29.8 Å². The molecule has 0 amide bonds. The molecule has 1 aromatic carbocycles. The number of aromatic nitrogens is 1. The van der Waals surface area contributed by atoms with Crippen LogP contribution in [0.15, 0.2) is 67.2 Å². The number of nitro benzene ring substituents is 1. The van der Waals surface area contributed by atoms with E-state index in [2.05, 4.69) is 0 Å². The van der Waals surface area contributed by atoms with E-state index in [0.717, 1.165) is 5.56 Å². The van der Waals surface area contributed by atoms with Crippen LogP contribution in [0, 0.1) is 10.1 Å². The van der Waals surface area contributed by atoms with Gasteiger partial charge in [-0.1, -0.05) is 12.1 Å². The summed E-state index contributed by atoms with van der Waals surface area (Å²) in [4.78, 5) is 10.4. The molecule has 1 aliphatic rings. The highest BCUT2D eigenvalue weighted by atomic mass is 16.6. The Balaban J connectivity index is 1.94. The Kier molecular flexibility index (Phi) is 3.09. The number of hydrogen-bond donors (Lipinski definition) is 0. The quantitative estimate of drug-likeness (QED) is 0.632. The standard InChI is InChI=1S/C15H12N2O3/c18-17(19)14-5-3-4-12(10-14)13-6-9-20-15(11-13)16-7-1-2-8-16/h1-11,13H. The van der Waals surface area contributed by atoms with E-state index in [1.807, 2.05) is 47.3 Å². The number of rotatable bonds is 3. The molecule has 0 saturated carbocycles. The maximum absolute atomic E-state index is 10.8. The monoisotopic (exact) mass is 268 g/mol. The number of allylic oxidation sites excluding steroid dienone is 2. The Hall–Kier alpha value is -2.82. The highest BCUT2D eigenvalue weighted by Gasteiger charge is 2.15. The van der Waals surface area contributed by atoms with Crippen molar-refractivity contribution in [1.82, 2.24) is 4.57 Å². The van der Waals surface area contributed by atoms with Crippen molar-refractivity contribution in [2.75, 3.05) is 0 Å². The van der Waals surface area contributed by atoms with Crippen molar-refractivity contribution in [1.29, 1.82) is 0 Å². The van der Waals surface area contributed by atoms with Gasteiger partial charge in [0.05, 0.1) is 11.2 Å². The van der Waals surface area contributed by atoms with Crippen LogP contribution >= 0.6 is 0 Å². The van der Waals surface area contributed by atoms with Crippen molar-refractivity contribution < 1.29 is 9.66 Å². The zero-order chi connectivity index (χ0) is 13.9. The molecule has 5 heteroatoms. The molecular weight excluding hydrogens is 256 g/mol. The summed E-state index contributed by atoms with van der Waals surface area (Å²) >= 11 is 0. The average molecular weight is 268 g/mol. The van der Waals surface area contributed by atoms with Gasteiger partial charge in [0, 0.05) is 30.4 Å². The van der Waals surface area contributed by atoms with Crippen LogP contribution in [0.3, 0.4) is 0 Å². The maximum atomic E-state index is 10.8. The second-order valence-electron chi connectivity index (χ2n) is 4.42. The molecule has 20 heavy (non-hydrogen) atoms. The Morgan fingerprint density at radius 1 is 1.20 bits per heavy atom. The van der Waals surface area contributed by atoms with E-state index in [9.17, 15) is 10.1 Å². The lowest BCUT2D eigenvalue weighted by atomic mass is 9.97. The first-order chi connectivity index (χ1) is 9.74. The summed E-state index contributed by atoms with van der Waals surface area (Å²) in [5, 5.41) is 10.8. The first kappa shape index (κ1) is 12.2. The molecule has 0 fully saturated rings. The lowest BCUT2D eigenvalue weighted by Gasteiger charge is -2.17. The second-order valence-corrected chi connectivity index (χ2v) is 4.42. The summed E-state index contributed by atoms with van der Waals surface area (Å²) in [6.45, 7) is 0. The highest BCUT2D eigenvalue weighted by molar-refractivity contribution is 5.48. The van der Waals surface area contributed by atoms with Crippen LogP contribution in [0.2, 0.25) is 0 Å². The Morgan fingerprint density at radius 2 is 2.00 bits per heavy atom. The Labute approximate surface area is 115 Å². The minimum atomic E-state index is -0.386. The second kappa shape index (κ2) is 5.05. The van der Waals surface area contributed by atoms with Crippen LogP contribution in [-0.2, 0) is 4.74 Å². The Morgan fingerprint density at radius 3 is 2.75 bits per heavy atom. The minimum Gasteiger partial charge on any atom is -0.449 e. The van der Waals surface area contributed by atoms with Gasteiger partial charge in [0.25, 0.3) is 5.69 Å². The van der Waals surface area contributed by atoms with E-state index in [0.29, 0.717) is 5.88 Å². The molecular formula is C15H12N2O3. The first-order valence-corrected chi connectivity index (χ1v) is 6.17. The third kappa shape index (κ3) is 2.33. The number of non-ortho nitro benzene ring substituents is 1. The van der Waals surface area contributed by atoms with Crippen molar-refractivity contribution in [2.24, 2.45) is 0 Å². The molecule has 1 aliphatic heterocycles. The fourth-order valence-electron chi connectivity index (χ4n) is 2.12. The summed E-state index contributed by atoms with van der Waals surface area (Å²) in [6, 6.07) is 10.5. The van der Waals surface area contributed by atoms with Crippen LogP contribution in [0.1, 0.15) is 11.5 Å². The van der Waals surface area contributed by atoms with Gasteiger partial charge in [0.2, 0.25) is 0 Å². The zero-order valence-electron chi connectivity index (χ0n) is 10.5. The van der Waals surface area contributed by atoms with Gasteiger partial charge in [-0.25, -0.2) is 0 Å². The lowest BCUT2D eigenvalue weighted by molar-refractivity contribution is -0.384. The number of ether oxygens (including phenoxy) is 1. The third-order valence-corrected chi connectivity index (χ3v) is 3.12. The largest absolute Gasteiger partial charge is 0.449 e. The molecule has 1 aromatic heterocycles. The molecule has 0 aliphatic carbocycles. The van der Waals surface area contributed by atoms with Crippen LogP contribution in [0.4, 0.5) is 5.69 Å². The van der Waals surface area contributed by atoms with E-state index in [4.69, 9.17) is 4.74 Å². The van der Waals surface area contributed by atoms with Gasteiger partial charge in [-0.15, -0.1) is 0 Å². The van der Waals surface area contributed by atoms with Crippen molar-refractivity contribution in [3.8, 4) is 0 Å². The Bertz CT molecular complexity index is 687. The molecule has 2 aromatic rings. The smallest absolute Gasteiger partial charge is 0.269 e. The van der Waals surface area contributed by atoms with Crippen molar-refractivity contribution >= 4 is 11.6 Å². The van der Waals surface area contributed by atoms with Crippen molar-refractivity contribution in [2.45, 2.75) is 5.92 Å². The van der Waals surface area contributed by atoms with E-state index in [-0.39, 0.29) is 16.5 Å². The number of nitrogens with zero attached hydrogens (tertiary/aromatic N) is 2. The zero-order valence-corrected chi connectivity index (χ0v) is 10.5. The molecule has 1 atom stereocenters. The van der Waals surface area contributed by atoms with Crippen LogP contribution in [0.5, 0.6) is 0 Å². The van der Waals surface area contributed by atoms with Crippen molar-refractivity contribution in [3.63, 3.8) is 0 Å². The molecule has 100 valence electrons. The van der Waals surface area contributed by atoms with Crippen LogP contribution in [-0.4, -0.2) is 9.49 Å². The summed E-state index contributed by atoms with van der Waals surface area (Å²) in [6.07, 6.45) is 9.18. The van der Waals surface area contributed by atoms with Gasteiger partial charge in [0.1, 0.15) is 0 Å². The molecule has 5 nitrogen and oxygen atoms in total. The normalized spacial score (nSPS) is 17.4. The van der Waals surface area contributed by atoms with Gasteiger partial charge in [-0.2, -0.15) is 0 Å². The lowest BCUT2D eigenvalue weighted by Crippen LogP contribution is -2.04. The predicted molar refractivity (Wildman–Crippen MR) is 74.8 cm³/mol. The number of benzene rings is 1. The molecule has 0 bridgehead atoms. The average Bonchev–Trinajstić information content (AvgIpc) is 3.02. The first-order valence-electron chi connectivity index (χ1n) is 6.17. The van der Waals surface area contributed by atoms with E-state index < -0.39 is 0 Å². The summed E-state index contributed by atoms with van der Waals surface area (Å²) in [5.41, 5.74) is 0.960. The molecule has 1 unspecified atom stereocenters. The third-order valence-electron chi connectivity index (χ3n) is 3.12. The fraction of sp³-hybridized carbons (Fsp3) is 0.0667. The molecule has 0 spiro atoms. The van der Waals surface area contributed by atoms with Gasteiger partial charge in [0.15, 0.2) is 5.88 Å². The minimum absolute atomic E-state index is 0.0407. The molecule has 0 saturated heterocycles. The van der Waals surface area contributed by atoms with Gasteiger partial charge >= 0.3 is 0 Å². The summed E-state index contributed by atoms with van der Waals surface area (Å²) in [5.74, 6) is 0.648. The van der Waals surface area contributed by atoms with Gasteiger partial charge in [-0.3, -0.25) is 14.7 Å². The summed E-state index contributed by atoms with van der Waals surface area (Å²) < 4.78 is 7.32. The fourth-order valence-corrected chi connectivity index (χ4v) is 2.12. The van der Waals surface area contributed by atoms with E-state index >= 15 is 0 Å². The van der Waals surface area contributed by atoms with Crippen LogP contribution < -0.4 is 0 Å². The van der Waals surface area contributed by atoms with Crippen LogP contribution in [0.25, 0.3) is 5.88 Å². The maximum Gasteiger partial charge on any atom is 0.269 e. The molecule has 2 heterocycles. The number of hydrogen-bond acceptors (Lipinski definition) is 3. The molecule has 0 N–H and O–H groups in total. The predicted octanol–water partition coefficient (Wildman–Crippen LogP) is 3.52. The SMILES string of the molecule is O=[N+]([O-])c1cccc(C2C=COC(n3cccc3)=C2)c1. The number of nitro groups is 1. The molecule has 0 radical (unpaired) electrons.